The lowest BCUT2D eigenvalue weighted by Gasteiger charge is -2.17. The van der Waals surface area contributed by atoms with Crippen molar-refractivity contribution in [3.8, 4) is 11.8 Å². The van der Waals surface area contributed by atoms with Gasteiger partial charge in [-0.15, -0.1) is 0 Å². The fraction of sp³-hybridized carbons (Fsp3) is 0.111. The van der Waals surface area contributed by atoms with E-state index in [-0.39, 0.29) is 12.5 Å². The summed E-state index contributed by atoms with van der Waals surface area (Å²) >= 11 is 0. The van der Waals surface area contributed by atoms with Crippen LogP contribution in [0.3, 0.4) is 0 Å². The lowest BCUT2D eigenvalue weighted by molar-refractivity contribution is -0.118. The largest absolute Gasteiger partial charge is 0.482 e. The minimum Gasteiger partial charge on any atom is -0.482 e. The molecule has 108 valence electrons. The Bertz CT molecular complexity index is 788. The number of nitriles is 1. The number of nitrogens with zero attached hydrogens (tertiary/aromatic N) is 1. The molecule has 1 amide bonds. The summed E-state index contributed by atoms with van der Waals surface area (Å²) in [7, 11) is 0. The lowest BCUT2D eigenvalue weighted by atomic mass is 10.1. The number of hydrogen-bond acceptors (Lipinski definition) is 3. The first-order valence-electron chi connectivity index (χ1n) is 6.95. The van der Waals surface area contributed by atoms with Gasteiger partial charge in [0.05, 0.1) is 18.2 Å². The molecule has 0 aliphatic carbocycles. The van der Waals surface area contributed by atoms with Crippen molar-refractivity contribution in [3.63, 3.8) is 0 Å². The van der Waals surface area contributed by atoms with Crippen LogP contribution in [0.2, 0.25) is 0 Å². The molecule has 2 aromatic rings. The predicted molar refractivity (Wildman–Crippen MR) is 85.3 cm³/mol. The molecule has 1 N–H and O–H groups in total. The fourth-order valence-electron chi connectivity index (χ4n) is 2.29. The molecule has 4 nitrogen and oxygen atoms in total. The highest BCUT2D eigenvalue weighted by Gasteiger charge is 2.15. The summed E-state index contributed by atoms with van der Waals surface area (Å²) in [5, 5.41) is 11.5. The highest BCUT2D eigenvalue weighted by molar-refractivity contribution is 5.95. The van der Waals surface area contributed by atoms with Crippen LogP contribution in [0.5, 0.6) is 5.75 Å². The van der Waals surface area contributed by atoms with Crippen molar-refractivity contribution in [2.45, 2.75) is 6.42 Å². The zero-order valence-corrected chi connectivity index (χ0v) is 11.9. The molecule has 1 aliphatic heterocycles. The maximum Gasteiger partial charge on any atom is 0.262 e. The number of anilines is 1. The molecular formula is C18H14N2O2. The van der Waals surface area contributed by atoms with Gasteiger partial charge in [-0.05, 0) is 28.8 Å². The molecule has 3 rings (SSSR count). The van der Waals surface area contributed by atoms with Gasteiger partial charge in [0, 0.05) is 0 Å². The highest BCUT2D eigenvalue weighted by atomic mass is 16.5. The molecule has 0 aromatic heterocycles. The number of carbonyl (C=O) groups excluding carboxylic acids is 1. The Morgan fingerprint density at radius 1 is 1.18 bits per heavy atom. The molecule has 0 bridgehead atoms. The highest BCUT2D eigenvalue weighted by Crippen LogP contribution is 2.29. The molecule has 0 saturated carbocycles. The quantitative estimate of drug-likeness (QED) is 0.883. The van der Waals surface area contributed by atoms with Gasteiger partial charge in [0.2, 0.25) is 0 Å². The number of amides is 1. The Hall–Kier alpha value is -3.06. The molecule has 0 atom stereocenters. The average Bonchev–Trinajstić information content (AvgIpc) is 2.53. The van der Waals surface area contributed by atoms with Crippen LogP contribution in [0.4, 0.5) is 5.69 Å². The first kappa shape index (κ1) is 13.9. The predicted octanol–water partition coefficient (Wildman–Crippen LogP) is 3.25. The van der Waals surface area contributed by atoms with E-state index in [1.807, 2.05) is 54.6 Å². The zero-order valence-electron chi connectivity index (χ0n) is 11.9. The van der Waals surface area contributed by atoms with E-state index >= 15 is 0 Å². The molecule has 0 spiro atoms. The number of carbonyl (C=O) groups is 1. The Balaban J connectivity index is 1.81. The van der Waals surface area contributed by atoms with Crippen LogP contribution in [0.25, 0.3) is 12.2 Å². The maximum atomic E-state index is 11.3. The minimum atomic E-state index is -0.141. The number of ether oxygens (including phenoxy) is 1. The van der Waals surface area contributed by atoms with Crippen LogP contribution in [0.1, 0.15) is 16.7 Å². The monoisotopic (exact) mass is 290 g/mol. The van der Waals surface area contributed by atoms with Crippen molar-refractivity contribution in [2.75, 3.05) is 11.9 Å². The van der Waals surface area contributed by atoms with E-state index in [9.17, 15) is 4.79 Å². The van der Waals surface area contributed by atoms with Gasteiger partial charge in [0.25, 0.3) is 5.91 Å². The number of benzene rings is 2. The molecule has 1 heterocycles. The van der Waals surface area contributed by atoms with E-state index in [1.165, 1.54) is 0 Å². The van der Waals surface area contributed by atoms with Crippen LogP contribution >= 0.6 is 0 Å². The average molecular weight is 290 g/mol. The summed E-state index contributed by atoms with van der Waals surface area (Å²) in [6.45, 7) is 0.0634. The van der Waals surface area contributed by atoms with Crippen molar-refractivity contribution < 1.29 is 9.53 Å². The molecular weight excluding hydrogens is 276 g/mol. The normalized spacial score (nSPS) is 13.1. The van der Waals surface area contributed by atoms with Crippen molar-refractivity contribution in [3.05, 3.63) is 59.2 Å². The van der Waals surface area contributed by atoms with Crippen LogP contribution < -0.4 is 10.1 Å². The number of nitrogens with one attached hydrogen (secondary N) is 1. The maximum absolute atomic E-state index is 11.3. The van der Waals surface area contributed by atoms with Gasteiger partial charge >= 0.3 is 0 Å². The molecule has 1 aliphatic rings. The molecule has 2 aromatic carbocycles. The Morgan fingerprint density at radius 2 is 2.00 bits per heavy atom. The SMILES string of the molecule is N#CCc1cccc(C=Cc2ccc3c(c2)NC(=O)CO3)c1. The van der Waals surface area contributed by atoms with Crippen molar-refractivity contribution in [1.82, 2.24) is 0 Å². The minimum absolute atomic E-state index is 0.0634. The van der Waals surface area contributed by atoms with E-state index in [1.54, 1.807) is 0 Å². The van der Waals surface area contributed by atoms with E-state index in [0.29, 0.717) is 17.9 Å². The topological polar surface area (TPSA) is 62.1 Å². The van der Waals surface area contributed by atoms with E-state index in [4.69, 9.17) is 10.00 Å². The van der Waals surface area contributed by atoms with E-state index in [0.717, 1.165) is 16.7 Å². The molecule has 22 heavy (non-hydrogen) atoms. The number of hydrogen-bond donors (Lipinski definition) is 1. The second-order valence-electron chi connectivity index (χ2n) is 5.01. The van der Waals surface area contributed by atoms with Crippen molar-refractivity contribution in [2.24, 2.45) is 0 Å². The second-order valence-corrected chi connectivity index (χ2v) is 5.01. The van der Waals surface area contributed by atoms with Crippen LogP contribution in [-0.4, -0.2) is 12.5 Å². The van der Waals surface area contributed by atoms with E-state index in [2.05, 4.69) is 11.4 Å². The zero-order chi connectivity index (χ0) is 15.4. The Kier molecular flexibility index (Phi) is 3.88. The number of fused-ring (bicyclic) bond motifs is 1. The van der Waals surface area contributed by atoms with Crippen molar-refractivity contribution in [1.29, 1.82) is 5.26 Å². The summed E-state index contributed by atoms with van der Waals surface area (Å²) < 4.78 is 5.33. The van der Waals surface area contributed by atoms with Crippen molar-refractivity contribution >= 4 is 23.7 Å². The summed E-state index contributed by atoms with van der Waals surface area (Å²) in [6.07, 6.45) is 4.35. The van der Waals surface area contributed by atoms with E-state index < -0.39 is 0 Å². The van der Waals surface area contributed by atoms with Crippen LogP contribution in [-0.2, 0) is 11.2 Å². The molecule has 0 fully saturated rings. The Morgan fingerprint density at radius 3 is 2.82 bits per heavy atom. The summed E-state index contributed by atoms with van der Waals surface area (Å²) in [5.74, 6) is 0.547. The van der Waals surface area contributed by atoms with Gasteiger partial charge in [-0.25, -0.2) is 0 Å². The van der Waals surface area contributed by atoms with Gasteiger partial charge in [-0.2, -0.15) is 5.26 Å². The fourth-order valence-corrected chi connectivity index (χ4v) is 2.29. The third-order valence-electron chi connectivity index (χ3n) is 3.34. The summed E-state index contributed by atoms with van der Waals surface area (Å²) in [4.78, 5) is 11.3. The lowest BCUT2D eigenvalue weighted by Crippen LogP contribution is -2.25. The summed E-state index contributed by atoms with van der Waals surface area (Å²) in [6, 6.07) is 15.7. The van der Waals surface area contributed by atoms with Gasteiger partial charge in [0.15, 0.2) is 6.61 Å². The molecule has 0 unspecified atom stereocenters. The summed E-state index contributed by atoms with van der Waals surface area (Å²) in [5.41, 5.74) is 3.69. The standard InChI is InChI=1S/C18H14N2O2/c19-9-8-14-3-1-2-13(10-14)4-5-15-6-7-17-16(11-15)20-18(21)12-22-17/h1-7,10-11H,8,12H2,(H,20,21). The third-order valence-corrected chi connectivity index (χ3v) is 3.34. The first-order valence-corrected chi connectivity index (χ1v) is 6.95. The Labute approximate surface area is 128 Å². The van der Waals surface area contributed by atoms with Gasteiger partial charge in [-0.1, -0.05) is 42.5 Å². The van der Waals surface area contributed by atoms with Gasteiger partial charge in [-0.3, -0.25) is 4.79 Å². The van der Waals surface area contributed by atoms with Crippen LogP contribution in [0, 0.1) is 11.3 Å². The van der Waals surface area contributed by atoms with Gasteiger partial charge in [0.1, 0.15) is 5.75 Å². The smallest absolute Gasteiger partial charge is 0.262 e. The molecule has 4 heteroatoms. The number of rotatable bonds is 3. The molecule has 0 saturated heterocycles. The van der Waals surface area contributed by atoms with Gasteiger partial charge < -0.3 is 10.1 Å². The third kappa shape index (κ3) is 3.15. The molecule has 0 radical (unpaired) electrons. The van der Waals surface area contributed by atoms with Crippen LogP contribution in [0.15, 0.2) is 42.5 Å². The second kappa shape index (κ2) is 6.15. The first-order chi connectivity index (χ1) is 10.7.